The zero-order valence-electron chi connectivity index (χ0n) is 20.9. The molecule has 0 aliphatic carbocycles. The minimum absolute atomic E-state index is 0.0422. The fourth-order valence-electron chi connectivity index (χ4n) is 4.37. The van der Waals surface area contributed by atoms with Crippen LogP contribution >= 0.6 is 0 Å². The first-order chi connectivity index (χ1) is 16.9. The Hall–Kier alpha value is -3.80. The Bertz CT molecular complexity index is 1270. The number of methoxy groups -OCH3 is 1. The molecule has 1 N–H and O–H groups in total. The number of carbonyl (C=O) groups excluding carboxylic acids is 1. The molecule has 1 heterocycles. The molecule has 35 heavy (non-hydrogen) atoms. The van der Waals surface area contributed by atoms with E-state index in [0.717, 1.165) is 46.9 Å². The summed E-state index contributed by atoms with van der Waals surface area (Å²) in [6.07, 6.45) is 1.13. The Morgan fingerprint density at radius 3 is 2.43 bits per heavy atom. The van der Waals surface area contributed by atoms with Crippen LogP contribution in [0.1, 0.15) is 41.9 Å². The van der Waals surface area contributed by atoms with Crippen molar-refractivity contribution in [2.45, 2.75) is 46.2 Å². The molecule has 6 heteroatoms. The molecule has 182 valence electrons. The van der Waals surface area contributed by atoms with Gasteiger partial charge in [0.05, 0.1) is 37.2 Å². The summed E-state index contributed by atoms with van der Waals surface area (Å²) in [7, 11) is 1.63. The van der Waals surface area contributed by atoms with E-state index in [1.807, 2.05) is 49.4 Å². The minimum Gasteiger partial charge on any atom is -0.497 e. The average Bonchev–Trinajstić information content (AvgIpc) is 3.20. The summed E-state index contributed by atoms with van der Waals surface area (Å²) in [6, 6.07) is 21.7. The molecule has 4 aromatic rings. The van der Waals surface area contributed by atoms with Crippen LogP contribution in [0, 0.1) is 13.8 Å². The highest BCUT2D eigenvalue weighted by Crippen LogP contribution is 2.22. The Morgan fingerprint density at radius 1 is 1.00 bits per heavy atom. The number of rotatable bonds is 10. The predicted molar refractivity (Wildman–Crippen MR) is 139 cm³/mol. The van der Waals surface area contributed by atoms with E-state index in [1.165, 1.54) is 11.1 Å². The lowest BCUT2D eigenvalue weighted by Gasteiger charge is -2.17. The number of benzene rings is 3. The van der Waals surface area contributed by atoms with E-state index in [-0.39, 0.29) is 11.9 Å². The highest BCUT2D eigenvalue weighted by atomic mass is 16.5. The topological polar surface area (TPSA) is 65.4 Å². The van der Waals surface area contributed by atoms with Crippen LogP contribution < -0.4 is 14.8 Å². The van der Waals surface area contributed by atoms with Crippen LogP contribution in [0.25, 0.3) is 11.0 Å². The van der Waals surface area contributed by atoms with Crippen LogP contribution in [0.2, 0.25) is 0 Å². The second-order valence-electron chi connectivity index (χ2n) is 8.95. The lowest BCUT2D eigenvalue weighted by Crippen LogP contribution is -2.30. The number of imidazole rings is 1. The summed E-state index contributed by atoms with van der Waals surface area (Å²) in [4.78, 5) is 17.6. The molecule has 1 aromatic heterocycles. The minimum atomic E-state index is -0.228. The van der Waals surface area contributed by atoms with Gasteiger partial charge in [-0.15, -0.1) is 0 Å². The second-order valence-corrected chi connectivity index (χ2v) is 8.95. The van der Waals surface area contributed by atoms with Crippen LogP contribution in [0.15, 0.2) is 66.7 Å². The maximum atomic E-state index is 12.7. The molecule has 0 aliphatic rings. The summed E-state index contributed by atoms with van der Waals surface area (Å²) in [6.45, 7) is 7.49. The number of aromatic nitrogens is 2. The molecular formula is C29H33N3O3. The standard InChI is InChI=1S/C29H33N3O3/c1-20-16-21(2)18-25(17-20)35-15-7-14-32-27-9-6-5-8-26(27)31-29(32)22(3)30-28(33)19-23-10-12-24(34-4)13-11-23/h5-6,8-13,16-18,22H,7,14-15,19H2,1-4H3,(H,30,33). The van der Waals surface area contributed by atoms with Crippen molar-refractivity contribution in [3.63, 3.8) is 0 Å². The fraction of sp³-hybridized carbons (Fsp3) is 0.310. The van der Waals surface area contributed by atoms with Crippen LogP contribution in [-0.2, 0) is 17.8 Å². The molecule has 0 aliphatic heterocycles. The number of hydrogen-bond acceptors (Lipinski definition) is 4. The number of nitrogens with one attached hydrogen (secondary N) is 1. The zero-order valence-corrected chi connectivity index (χ0v) is 20.9. The molecule has 0 fully saturated rings. The van der Waals surface area contributed by atoms with E-state index < -0.39 is 0 Å². The van der Waals surface area contributed by atoms with Crippen molar-refractivity contribution in [2.75, 3.05) is 13.7 Å². The van der Waals surface area contributed by atoms with Gasteiger partial charge in [-0.1, -0.05) is 30.3 Å². The van der Waals surface area contributed by atoms with Crippen LogP contribution in [0.4, 0.5) is 0 Å². The van der Waals surface area contributed by atoms with Crippen molar-refractivity contribution < 1.29 is 14.3 Å². The quantitative estimate of drug-likeness (QED) is 0.308. The molecule has 6 nitrogen and oxygen atoms in total. The Labute approximate surface area is 206 Å². The van der Waals surface area contributed by atoms with Crippen molar-refractivity contribution in [1.82, 2.24) is 14.9 Å². The summed E-state index contributed by atoms with van der Waals surface area (Å²) in [5.74, 6) is 2.48. The third-order valence-corrected chi connectivity index (χ3v) is 5.96. The van der Waals surface area contributed by atoms with Crippen molar-refractivity contribution >= 4 is 16.9 Å². The summed E-state index contributed by atoms with van der Waals surface area (Å²) < 4.78 is 13.4. The highest BCUT2D eigenvalue weighted by molar-refractivity contribution is 5.79. The maximum absolute atomic E-state index is 12.7. The van der Waals surface area contributed by atoms with Gasteiger partial charge in [-0.25, -0.2) is 4.98 Å². The fourth-order valence-corrected chi connectivity index (χ4v) is 4.37. The molecule has 0 spiro atoms. The summed E-state index contributed by atoms with van der Waals surface area (Å²) in [5.41, 5.74) is 5.32. The number of ether oxygens (including phenoxy) is 2. The Balaban J connectivity index is 1.42. The first-order valence-electron chi connectivity index (χ1n) is 12.0. The van der Waals surface area contributed by atoms with Gasteiger partial charge in [-0.05, 0) is 80.3 Å². The predicted octanol–water partition coefficient (Wildman–Crippen LogP) is 5.55. The van der Waals surface area contributed by atoms with Crippen LogP contribution in [-0.4, -0.2) is 29.2 Å². The number of amides is 1. The molecule has 0 saturated heterocycles. The van der Waals surface area contributed by atoms with Crippen molar-refractivity contribution in [1.29, 1.82) is 0 Å². The molecule has 1 unspecified atom stereocenters. The van der Waals surface area contributed by atoms with Gasteiger partial charge < -0.3 is 19.4 Å². The molecule has 3 aromatic carbocycles. The van der Waals surface area contributed by atoms with Gasteiger partial charge in [-0.3, -0.25) is 4.79 Å². The van der Waals surface area contributed by atoms with Gasteiger partial charge in [0, 0.05) is 6.54 Å². The maximum Gasteiger partial charge on any atom is 0.224 e. The first-order valence-corrected chi connectivity index (χ1v) is 12.0. The van der Waals surface area contributed by atoms with Crippen molar-refractivity contribution in [3.8, 4) is 11.5 Å². The molecule has 1 amide bonds. The third kappa shape index (κ3) is 6.21. The van der Waals surface area contributed by atoms with Gasteiger partial charge in [0.15, 0.2) is 0 Å². The number of nitrogens with zero attached hydrogens (tertiary/aromatic N) is 2. The van der Waals surface area contributed by atoms with E-state index in [0.29, 0.717) is 13.0 Å². The highest BCUT2D eigenvalue weighted by Gasteiger charge is 2.18. The van der Waals surface area contributed by atoms with Crippen LogP contribution in [0.5, 0.6) is 11.5 Å². The molecule has 4 rings (SSSR count). The lowest BCUT2D eigenvalue weighted by molar-refractivity contribution is -0.121. The van der Waals surface area contributed by atoms with Gasteiger partial charge in [0.2, 0.25) is 5.91 Å². The van der Waals surface area contributed by atoms with Gasteiger partial charge in [-0.2, -0.15) is 0 Å². The number of aryl methyl sites for hydroxylation is 3. The molecule has 0 radical (unpaired) electrons. The zero-order chi connectivity index (χ0) is 24.8. The molecule has 0 bridgehead atoms. The number of carbonyl (C=O) groups is 1. The van der Waals surface area contributed by atoms with Gasteiger partial charge in [0.25, 0.3) is 0 Å². The number of hydrogen-bond donors (Lipinski definition) is 1. The van der Waals surface area contributed by atoms with E-state index in [9.17, 15) is 4.79 Å². The normalized spacial score (nSPS) is 11.9. The molecule has 1 atom stereocenters. The van der Waals surface area contributed by atoms with Gasteiger partial charge in [0.1, 0.15) is 17.3 Å². The largest absolute Gasteiger partial charge is 0.497 e. The lowest BCUT2D eigenvalue weighted by atomic mass is 10.1. The third-order valence-electron chi connectivity index (χ3n) is 5.96. The monoisotopic (exact) mass is 471 g/mol. The molecular weight excluding hydrogens is 438 g/mol. The number of para-hydroxylation sites is 2. The second kappa shape index (κ2) is 11.1. The smallest absolute Gasteiger partial charge is 0.224 e. The Kier molecular flexibility index (Phi) is 7.70. The van der Waals surface area contributed by atoms with E-state index >= 15 is 0 Å². The van der Waals surface area contributed by atoms with E-state index in [4.69, 9.17) is 14.5 Å². The average molecular weight is 472 g/mol. The van der Waals surface area contributed by atoms with E-state index in [1.54, 1.807) is 7.11 Å². The SMILES string of the molecule is COc1ccc(CC(=O)NC(C)c2nc3ccccc3n2CCCOc2cc(C)cc(C)c2)cc1. The number of fused-ring (bicyclic) bond motifs is 1. The van der Waals surface area contributed by atoms with Crippen molar-refractivity contribution in [3.05, 3.63) is 89.2 Å². The van der Waals surface area contributed by atoms with Crippen LogP contribution in [0.3, 0.4) is 0 Å². The Morgan fingerprint density at radius 2 is 1.71 bits per heavy atom. The summed E-state index contributed by atoms with van der Waals surface area (Å²) >= 11 is 0. The van der Waals surface area contributed by atoms with E-state index in [2.05, 4.69) is 48.0 Å². The molecule has 0 saturated carbocycles. The first kappa shape index (κ1) is 24.3. The van der Waals surface area contributed by atoms with Crippen molar-refractivity contribution in [2.24, 2.45) is 0 Å². The summed E-state index contributed by atoms with van der Waals surface area (Å²) in [5, 5.41) is 3.12. The van der Waals surface area contributed by atoms with Gasteiger partial charge >= 0.3 is 0 Å².